The largest absolute Gasteiger partial charge is 0.393 e. The van der Waals surface area contributed by atoms with Crippen LogP contribution in [0.1, 0.15) is 5.56 Å². The quantitative estimate of drug-likeness (QED) is 0.396. The fourth-order valence-electron chi connectivity index (χ4n) is 1.21. The van der Waals surface area contributed by atoms with E-state index < -0.39 is 4.92 Å². The Morgan fingerprint density at radius 2 is 2.35 bits per heavy atom. The van der Waals surface area contributed by atoms with Crippen LogP contribution in [0.5, 0.6) is 0 Å². The highest BCUT2D eigenvalue weighted by Gasteiger charge is 2.12. The molecular formula is C9H8N4O2S2. The van der Waals surface area contributed by atoms with E-state index in [9.17, 15) is 10.1 Å². The lowest BCUT2D eigenvalue weighted by atomic mass is 10.2. The van der Waals surface area contributed by atoms with Crippen molar-refractivity contribution in [1.29, 1.82) is 0 Å². The normalized spacial score (nSPS) is 10.4. The van der Waals surface area contributed by atoms with Gasteiger partial charge in [-0.25, -0.2) is 4.98 Å². The number of nitro groups is 1. The molecule has 0 atom stereocenters. The summed E-state index contributed by atoms with van der Waals surface area (Å²) in [6, 6.07) is 4.81. The molecule has 8 heteroatoms. The molecule has 0 spiro atoms. The van der Waals surface area contributed by atoms with Gasteiger partial charge >= 0.3 is 0 Å². The van der Waals surface area contributed by atoms with Crippen LogP contribution < -0.4 is 5.73 Å². The van der Waals surface area contributed by atoms with Crippen molar-refractivity contribution in [1.82, 2.24) is 9.36 Å². The highest BCUT2D eigenvalue weighted by atomic mass is 32.2. The third kappa shape index (κ3) is 2.92. The topological polar surface area (TPSA) is 94.9 Å². The molecule has 17 heavy (non-hydrogen) atoms. The SMILES string of the molecule is Nc1ccc(CSc2ncns2)cc1[N+](=O)[O-]. The summed E-state index contributed by atoms with van der Waals surface area (Å²) in [5.41, 5.74) is 6.48. The van der Waals surface area contributed by atoms with Crippen LogP contribution >= 0.6 is 23.3 Å². The van der Waals surface area contributed by atoms with Gasteiger partial charge in [0.1, 0.15) is 12.0 Å². The van der Waals surface area contributed by atoms with Crippen LogP contribution in [0.2, 0.25) is 0 Å². The summed E-state index contributed by atoms with van der Waals surface area (Å²) < 4.78 is 4.71. The number of benzene rings is 1. The van der Waals surface area contributed by atoms with Crippen molar-refractivity contribution < 1.29 is 4.92 Å². The molecule has 0 saturated heterocycles. The third-order valence-electron chi connectivity index (χ3n) is 1.99. The number of hydrogen-bond donors (Lipinski definition) is 1. The van der Waals surface area contributed by atoms with Gasteiger partial charge in [-0.15, -0.1) is 0 Å². The van der Waals surface area contributed by atoms with Crippen LogP contribution in [0.4, 0.5) is 11.4 Å². The van der Waals surface area contributed by atoms with E-state index >= 15 is 0 Å². The minimum atomic E-state index is -0.478. The molecule has 6 nitrogen and oxygen atoms in total. The number of nitrogen functional groups attached to an aromatic ring is 1. The van der Waals surface area contributed by atoms with Crippen LogP contribution in [0.3, 0.4) is 0 Å². The van der Waals surface area contributed by atoms with E-state index in [1.165, 1.54) is 35.7 Å². The Labute approximate surface area is 105 Å². The molecule has 88 valence electrons. The Morgan fingerprint density at radius 1 is 1.53 bits per heavy atom. The first-order chi connectivity index (χ1) is 8.16. The molecule has 2 rings (SSSR count). The summed E-state index contributed by atoms with van der Waals surface area (Å²) in [6.45, 7) is 0. The van der Waals surface area contributed by atoms with Crippen molar-refractivity contribution in [3.63, 3.8) is 0 Å². The molecule has 0 bridgehead atoms. The molecule has 0 saturated carbocycles. The number of nitro benzene ring substituents is 1. The van der Waals surface area contributed by atoms with Gasteiger partial charge in [-0.2, -0.15) is 4.37 Å². The van der Waals surface area contributed by atoms with Gasteiger partial charge in [-0.1, -0.05) is 17.8 Å². The summed E-state index contributed by atoms with van der Waals surface area (Å²) in [4.78, 5) is 14.2. The van der Waals surface area contributed by atoms with Crippen LogP contribution in [0.25, 0.3) is 0 Å². The van der Waals surface area contributed by atoms with E-state index in [0.717, 1.165) is 9.90 Å². The number of aromatic nitrogens is 2. The van der Waals surface area contributed by atoms with E-state index in [0.29, 0.717) is 5.75 Å². The van der Waals surface area contributed by atoms with Crippen LogP contribution in [0, 0.1) is 10.1 Å². The molecule has 0 unspecified atom stereocenters. The lowest BCUT2D eigenvalue weighted by Crippen LogP contribution is -1.96. The highest BCUT2D eigenvalue weighted by Crippen LogP contribution is 2.27. The Kier molecular flexibility index (Phi) is 3.55. The van der Waals surface area contributed by atoms with Gasteiger partial charge in [0.2, 0.25) is 0 Å². The van der Waals surface area contributed by atoms with Gasteiger partial charge in [0.15, 0.2) is 4.34 Å². The summed E-state index contributed by atoms with van der Waals surface area (Å²) >= 11 is 2.79. The minimum Gasteiger partial charge on any atom is -0.393 e. The zero-order chi connectivity index (χ0) is 12.3. The van der Waals surface area contributed by atoms with Gasteiger partial charge in [0.25, 0.3) is 5.69 Å². The van der Waals surface area contributed by atoms with E-state index in [4.69, 9.17) is 5.73 Å². The molecule has 0 aliphatic carbocycles. The predicted octanol–water partition coefficient (Wildman–Crippen LogP) is 2.32. The monoisotopic (exact) mass is 268 g/mol. The van der Waals surface area contributed by atoms with Gasteiger partial charge < -0.3 is 5.73 Å². The number of hydrogen-bond acceptors (Lipinski definition) is 7. The standard InChI is InChI=1S/C9H8N4O2S2/c10-7-2-1-6(3-8(7)13(14)15)4-16-9-11-5-12-17-9/h1-3,5H,4,10H2. The first-order valence-corrected chi connectivity index (χ1v) is 6.35. The van der Waals surface area contributed by atoms with Crippen LogP contribution in [-0.4, -0.2) is 14.3 Å². The number of thioether (sulfide) groups is 1. The first kappa shape index (κ1) is 11.8. The van der Waals surface area contributed by atoms with E-state index in [1.807, 2.05) is 0 Å². The summed E-state index contributed by atoms with van der Waals surface area (Å²) in [7, 11) is 0. The molecule has 0 aliphatic heterocycles. The van der Waals surface area contributed by atoms with Crippen LogP contribution in [0.15, 0.2) is 28.9 Å². The number of anilines is 1. The molecule has 2 aromatic rings. The lowest BCUT2D eigenvalue weighted by molar-refractivity contribution is -0.383. The molecule has 0 aliphatic rings. The van der Waals surface area contributed by atoms with Crippen molar-refractivity contribution in [2.45, 2.75) is 10.1 Å². The average Bonchev–Trinajstić information content (AvgIpc) is 2.80. The minimum absolute atomic E-state index is 0.0552. The summed E-state index contributed by atoms with van der Waals surface area (Å²) in [5, 5.41) is 10.7. The third-order valence-corrected chi connectivity index (χ3v) is 3.86. The number of nitrogens with two attached hydrogens (primary N) is 1. The molecule has 1 aromatic carbocycles. The Hall–Kier alpha value is -1.67. The summed E-state index contributed by atoms with van der Waals surface area (Å²) in [5.74, 6) is 0.607. The van der Waals surface area contributed by atoms with Gasteiger partial charge in [-0.05, 0) is 23.2 Å². The van der Waals surface area contributed by atoms with Crippen LogP contribution in [-0.2, 0) is 5.75 Å². The number of rotatable bonds is 4. The fourth-order valence-corrected chi connectivity index (χ4v) is 2.60. The van der Waals surface area contributed by atoms with Crippen molar-refractivity contribution in [3.05, 3.63) is 40.2 Å². The average molecular weight is 268 g/mol. The Balaban J connectivity index is 2.11. The molecule has 1 heterocycles. The summed E-state index contributed by atoms with van der Waals surface area (Å²) in [6.07, 6.45) is 1.48. The lowest BCUT2D eigenvalue weighted by Gasteiger charge is -2.01. The van der Waals surface area contributed by atoms with Gasteiger partial charge in [-0.3, -0.25) is 10.1 Å². The van der Waals surface area contributed by atoms with Crippen molar-refractivity contribution in [2.75, 3.05) is 5.73 Å². The highest BCUT2D eigenvalue weighted by molar-refractivity contribution is 8.00. The van der Waals surface area contributed by atoms with E-state index in [-0.39, 0.29) is 11.4 Å². The zero-order valence-corrected chi connectivity index (χ0v) is 10.2. The molecule has 1 aromatic heterocycles. The number of nitrogens with zero attached hydrogens (tertiary/aromatic N) is 3. The Morgan fingerprint density at radius 3 is 3.00 bits per heavy atom. The fraction of sp³-hybridized carbons (Fsp3) is 0.111. The predicted molar refractivity (Wildman–Crippen MR) is 67.0 cm³/mol. The van der Waals surface area contributed by atoms with Gasteiger partial charge in [0, 0.05) is 11.8 Å². The molecule has 0 fully saturated rings. The molecule has 2 N–H and O–H groups in total. The van der Waals surface area contributed by atoms with E-state index in [2.05, 4.69) is 9.36 Å². The maximum Gasteiger partial charge on any atom is 0.292 e. The molecular weight excluding hydrogens is 260 g/mol. The second-order valence-electron chi connectivity index (χ2n) is 3.15. The van der Waals surface area contributed by atoms with Gasteiger partial charge in [0.05, 0.1) is 4.92 Å². The Bertz CT molecular complexity index is 530. The van der Waals surface area contributed by atoms with Crippen molar-refractivity contribution in [3.8, 4) is 0 Å². The second kappa shape index (κ2) is 5.11. The van der Waals surface area contributed by atoms with E-state index in [1.54, 1.807) is 12.1 Å². The first-order valence-electron chi connectivity index (χ1n) is 4.59. The van der Waals surface area contributed by atoms with Crippen molar-refractivity contribution in [2.24, 2.45) is 0 Å². The molecule has 0 radical (unpaired) electrons. The zero-order valence-electron chi connectivity index (χ0n) is 8.57. The maximum absolute atomic E-state index is 10.7. The molecule has 0 amide bonds. The smallest absolute Gasteiger partial charge is 0.292 e. The second-order valence-corrected chi connectivity index (χ2v) is 5.15. The van der Waals surface area contributed by atoms with Crippen molar-refractivity contribution >= 4 is 34.7 Å². The maximum atomic E-state index is 10.7.